The lowest BCUT2D eigenvalue weighted by atomic mass is 10.1. The number of hydrogen-bond donors (Lipinski definition) is 2. The van der Waals surface area contributed by atoms with E-state index in [1.54, 1.807) is 25.1 Å². The first-order chi connectivity index (χ1) is 9.54. The van der Waals surface area contributed by atoms with Crippen molar-refractivity contribution >= 4 is 10.0 Å². The number of benzene rings is 1. The van der Waals surface area contributed by atoms with Crippen LogP contribution in [0.25, 0.3) is 0 Å². The average molecular weight is 295 g/mol. The van der Waals surface area contributed by atoms with Gasteiger partial charge in [0.25, 0.3) is 0 Å². The maximum absolute atomic E-state index is 12.3. The molecule has 20 heavy (non-hydrogen) atoms. The molecule has 1 heterocycles. The zero-order valence-electron chi connectivity index (χ0n) is 11.4. The van der Waals surface area contributed by atoms with Crippen LogP contribution in [0.3, 0.4) is 0 Å². The van der Waals surface area contributed by atoms with Gasteiger partial charge in [0.15, 0.2) is 5.76 Å². The zero-order chi connectivity index (χ0) is 14.6. The summed E-state index contributed by atoms with van der Waals surface area (Å²) in [7, 11) is -1.75. The molecule has 0 radical (unpaired) electrons. The molecule has 0 aliphatic rings. The Balaban J connectivity index is 2.23. The third-order valence-corrected chi connectivity index (χ3v) is 4.53. The first-order valence-electron chi connectivity index (χ1n) is 6.17. The van der Waals surface area contributed by atoms with Gasteiger partial charge in [0.2, 0.25) is 10.0 Å². The summed E-state index contributed by atoms with van der Waals surface area (Å²) in [5, 5.41) is 6.55. The van der Waals surface area contributed by atoms with Crippen molar-refractivity contribution in [2.45, 2.75) is 24.9 Å². The fraction of sp³-hybridized carbons (Fsp3) is 0.308. The molecule has 7 heteroatoms. The first-order valence-corrected chi connectivity index (χ1v) is 7.65. The Morgan fingerprint density at radius 3 is 2.70 bits per heavy atom. The van der Waals surface area contributed by atoms with Crippen LogP contribution in [0, 0.1) is 6.92 Å². The lowest BCUT2D eigenvalue weighted by Crippen LogP contribution is -2.24. The summed E-state index contributed by atoms with van der Waals surface area (Å²) < 4.78 is 32.0. The number of sulfonamides is 1. The molecule has 1 aromatic heterocycles. The molecule has 0 spiro atoms. The Kier molecular flexibility index (Phi) is 4.53. The van der Waals surface area contributed by atoms with Crippen LogP contribution < -0.4 is 10.0 Å². The van der Waals surface area contributed by atoms with Crippen LogP contribution in [-0.4, -0.2) is 20.6 Å². The highest BCUT2D eigenvalue weighted by atomic mass is 32.2. The van der Waals surface area contributed by atoms with Crippen molar-refractivity contribution < 1.29 is 12.9 Å². The number of hydrogen-bond acceptors (Lipinski definition) is 5. The predicted octanol–water partition coefficient (Wildman–Crippen LogP) is 1.18. The molecule has 2 rings (SSSR count). The van der Waals surface area contributed by atoms with Crippen LogP contribution in [0.2, 0.25) is 0 Å². The van der Waals surface area contributed by atoms with Crippen molar-refractivity contribution in [3.63, 3.8) is 0 Å². The highest BCUT2D eigenvalue weighted by molar-refractivity contribution is 7.89. The minimum absolute atomic E-state index is 0.0814. The summed E-state index contributed by atoms with van der Waals surface area (Å²) in [5.74, 6) is 0.470. The van der Waals surface area contributed by atoms with Crippen LogP contribution >= 0.6 is 0 Å². The molecule has 0 atom stereocenters. The molecular formula is C13H17N3O3S. The molecule has 0 saturated carbocycles. The van der Waals surface area contributed by atoms with E-state index in [0.29, 0.717) is 12.3 Å². The molecule has 0 fully saturated rings. The highest BCUT2D eigenvalue weighted by Gasteiger charge is 2.18. The van der Waals surface area contributed by atoms with Gasteiger partial charge >= 0.3 is 0 Å². The maximum Gasteiger partial charge on any atom is 0.241 e. The third kappa shape index (κ3) is 3.24. The van der Waals surface area contributed by atoms with Crippen molar-refractivity contribution in [1.29, 1.82) is 0 Å². The lowest BCUT2D eigenvalue weighted by molar-refractivity contribution is 0.380. The van der Waals surface area contributed by atoms with Crippen LogP contribution in [-0.2, 0) is 23.1 Å². The summed E-state index contributed by atoms with van der Waals surface area (Å²) in [5.41, 5.74) is 1.70. The molecule has 1 aromatic carbocycles. The molecular weight excluding hydrogens is 278 g/mol. The maximum atomic E-state index is 12.3. The van der Waals surface area contributed by atoms with Gasteiger partial charge in [0.1, 0.15) is 0 Å². The zero-order valence-corrected chi connectivity index (χ0v) is 12.2. The molecule has 0 aliphatic carbocycles. The predicted molar refractivity (Wildman–Crippen MR) is 74.5 cm³/mol. The Morgan fingerprint density at radius 2 is 2.05 bits per heavy atom. The van der Waals surface area contributed by atoms with E-state index in [-0.39, 0.29) is 11.4 Å². The first kappa shape index (κ1) is 14.7. The van der Waals surface area contributed by atoms with Crippen molar-refractivity contribution in [3.8, 4) is 0 Å². The fourth-order valence-electron chi connectivity index (χ4n) is 1.91. The second-order valence-corrected chi connectivity index (χ2v) is 6.11. The number of rotatable bonds is 6. The molecule has 0 saturated heterocycles. The fourth-order valence-corrected chi connectivity index (χ4v) is 3.19. The van der Waals surface area contributed by atoms with Crippen molar-refractivity contribution in [2.24, 2.45) is 0 Å². The number of nitrogens with one attached hydrogen (secondary N) is 2. The smallest absolute Gasteiger partial charge is 0.241 e. The van der Waals surface area contributed by atoms with Gasteiger partial charge in [0, 0.05) is 12.6 Å². The van der Waals surface area contributed by atoms with E-state index in [1.807, 2.05) is 13.1 Å². The van der Waals surface area contributed by atoms with E-state index >= 15 is 0 Å². The third-order valence-electron chi connectivity index (χ3n) is 2.98. The van der Waals surface area contributed by atoms with Gasteiger partial charge in [-0.25, -0.2) is 13.1 Å². The van der Waals surface area contributed by atoms with Gasteiger partial charge in [-0.3, -0.25) is 0 Å². The van der Waals surface area contributed by atoms with E-state index in [1.165, 1.54) is 6.20 Å². The molecule has 6 nitrogen and oxygen atoms in total. The van der Waals surface area contributed by atoms with Crippen molar-refractivity contribution in [3.05, 3.63) is 47.3 Å². The summed E-state index contributed by atoms with van der Waals surface area (Å²) >= 11 is 0. The molecule has 0 unspecified atom stereocenters. The van der Waals surface area contributed by atoms with Crippen molar-refractivity contribution in [2.75, 3.05) is 7.05 Å². The molecule has 0 amide bonds. The van der Waals surface area contributed by atoms with Gasteiger partial charge in [-0.2, -0.15) is 0 Å². The second kappa shape index (κ2) is 6.17. The summed E-state index contributed by atoms with van der Waals surface area (Å²) in [4.78, 5) is 0.282. The summed E-state index contributed by atoms with van der Waals surface area (Å²) in [6, 6.07) is 6.86. The van der Waals surface area contributed by atoms with Gasteiger partial charge in [-0.05, 0) is 31.2 Å². The summed E-state index contributed by atoms with van der Waals surface area (Å²) in [6.45, 7) is 2.50. The van der Waals surface area contributed by atoms with Crippen molar-refractivity contribution in [1.82, 2.24) is 15.2 Å². The molecule has 108 valence electrons. The van der Waals surface area contributed by atoms with Gasteiger partial charge < -0.3 is 9.84 Å². The topological polar surface area (TPSA) is 84.2 Å². The monoisotopic (exact) mass is 295 g/mol. The minimum atomic E-state index is -3.57. The standard InChI is InChI=1S/C13H17N3O3S/c1-10-11(8-14-2)4-3-5-13(10)20(17,18)16-9-12-6-7-15-19-12/h3-7,14,16H,8-9H2,1-2H3. The quantitative estimate of drug-likeness (QED) is 0.836. The second-order valence-electron chi connectivity index (χ2n) is 4.37. The summed E-state index contributed by atoms with van der Waals surface area (Å²) in [6.07, 6.45) is 1.47. The molecule has 2 N–H and O–H groups in total. The van der Waals surface area contributed by atoms with E-state index < -0.39 is 10.0 Å². The van der Waals surface area contributed by atoms with Crippen LogP contribution in [0.15, 0.2) is 39.9 Å². The Bertz CT molecular complexity index is 666. The van der Waals surface area contributed by atoms with Gasteiger partial charge in [0.05, 0.1) is 17.6 Å². The number of nitrogens with zero attached hydrogens (tertiary/aromatic N) is 1. The normalized spacial score (nSPS) is 11.7. The van der Waals surface area contributed by atoms with E-state index in [2.05, 4.69) is 15.2 Å². The SMILES string of the molecule is CNCc1cccc(S(=O)(=O)NCc2ccno2)c1C. The average Bonchev–Trinajstić information content (AvgIpc) is 2.92. The Labute approximate surface area is 118 Å². The Hall–Kier alpha value is -1.70. The van der Waals surface area contributed by atoms with E-state index in [4.69, 9.17) is 4.52 Å². The minimum Gasteiger partial charge on any atom is -0.360 e. The van der Waals surface area contributed by atoms with Crippen LogP contribution in [0.1, 0.15) is 16.9 Å². The molecule has 0 aliphatic heterocycles. The van der Waals surface area contributed by atoms with Crippen LogP contribution in [0.5, 0.6) is 0 Å². The molecule has 2 aromatic rings. The van der Waals surface area contributed by atoms with E-state index in [0.717, 1.165) is 11.1 Å². The number of aromatic nitrogens is 1. The Morgan fingerprint density at radius 1 is 1.25 bits per heavy atom. The van der Waals surface area contributed by atoms with Crippen LogP contribution in [0.4, 0.5) is 0 Å². The lowest BCUT2D eigenvalue weighted by Gasteiger charge is -2.12. The van der Waals surface area contributed by atoms with Gasteiger partial charge in [-0.15, -0.1) is 0 Å². The largest absolute Gasteiger partial charge is 0.360 e. The van der Waals surface area contributed by atoms with E-state index in [9.17, 15) is 8.42 Å². The highest BCUT2D eigenvalue weighted by Crippen LogP contribution is 2.19. The molecule has 0 bridgehead atoms. The van der Waals surface area contributed by atoms with Gasteiger partial charge in [-0.1, -0.05) is 17.3 Å².